The molecule has 1 aromatic carbocycles. The molecular weight excluding hydrogens is 230 g/mol. The highest BCUT2D eigenvalue weighted by atomic mass is 16.7. The molecule has 2 aliphatic heterocycles. The average molecular weight is 249 g/mol. The maximum Gasteiger partial charge on any atom is 0.231 e. The predicted octanol–water partition coefficient (Wildman–Crippen LogP) is 0.494. The van der Waals surface area contributed by atoms with Crippen LogP contribution in [-0.4, -0.2) is 51.0 Å². The van der Waals surface area contributed by atoms with Crippen LogP contribution in [0.3, 0.4) is 0 Å². The zero-order valence-corrected chi connectivity index (χ0v) is 10.6. The van der Waals surface area contributed by atoms with E-state index in [-0.39, 0.29) is 0 Å². The molecule has 5 nitrogen and oxygen atoms in total. The summed E-state index contributed by atoms with van der Waals surface area (Å²) < 4.78 is 10.8. The van der Waals surface area contributed by atoms with Crippen molar-refractivity contribution in [3.63, 3.8) is 0 Å². The number of rotatable bonds is 2. The first-order valence-electron chi connectivity index (χ1n) is 6.33. The number of anilines is 1. The summed E-state index contributed by atoms with van der Waals surface area (Å²) in [4.78, 5) is 4.68. The Hall–Kier alpha value is -1.46. The summed E-state index contributed by atoms with van der Waals surface area (Å²) in [6, 6.07) is 6.55. The number of likely N-dealkylation sites (N-methyl/N-ethyl adjacent to an activating group) is 1. The van der Waals surface area contributed by atoms with Gasteiger partial charge in [-0.3, -0.25) is 4.90 Å². The Morgan fingerprint density at radius 1 is 1.28 bits per heavy atom. The maximum atomic E-state index is 5.81. The highest BCUT2D eigenvalue weighted by Crippen LogP contribution is 2.35. The Morgan fingerprint density at radius 3 is 2.94 bits per heavy atom. The molecule has 98 valence electrons. The van der Waals surface area contributed by atoms with Crippen LogP contribution in [0, 0.1) is 0 Å². The van der Waals surface area contributed by atoms with Crippen molar-refractivity contribution in [1.82, 2.24) is 4.90 Å². The maximum absolute atomic E-state index is 5.81. The molecular formula is C13H19N3O2. The summed E-state index contributed by atoms with van der Waals surface area (Å²) in [5.41, 5.74) is 7.00. The van der Waals surface area contributed by atoms with E-state index in [1.165, 1.54) is 5.69 Å². The van der Waals surface area contributed by atoms with Crippen LogP contribution in [0.1, 0.15) is 0 Å². The molecule has 0 radical (unpaired) electrons. The molecule has 2 N–H and O–H groups in total. The third-order valence-corrected chi connectivity index (χ3v) is 3.77. The molecule has 0 amide bonds. The lowest BCUT2D eigenvalue weighted by molar-refractivity contribution is 0.174. The van der Waals surface area contributed by atoms with Gasteiger partial charge in [-0.2, -0.15) is 0 Å². The zero-order chi connectivity index (χ0) is 12.5. The van der Waals surface area contributed by atoms with Crippen LogP contribution in [0.2, 0.25) is 0 Å². The van der Waals surface area contributed by atoms with Crippen LogP contribution in [-0.2, 0) is 0 Å². The normalized spacial score (nSPS) is 23.4. The predicted molar refractivity (Wildman–Crippen MR) is 70.3 cm³/mol. The monoisotopic (exact) mass is 249 g/mol. The van der Waals surface area contributed by atoms with Gasteiger partial charge >= 0.3 is 0 Å². The van der Waals surface area contributed by atoms with E-state index in [1.807, 2.05) is 6.07 Å². The van der Waals surface area contributed by atoms with Crippen LogP contribution < -0.4 is 20.1 Å². The van der Waals surface area contributed by atoms with Crippen molar-refractivity contribution < 1.29 is 9.47 Å². The van der Waals surface area contributed by atoms with E-state index in [2.05, 4.69) is 29.0 Å². The minimum Gasteiger partial charge on any atom is -0.454 e. The standard InChI is InChI=1S/C13H19N3O2/c1-15-4-5-16(8-11(15)7-14)10-2-3-12-13(6-10)18-9-17-12/h2-3,6,11H,4-5,7-9,14H2,1H3. The Kier molecular flexibility index (Phi) is 3.01. The first kappa shape index (κ1) is 11.6. The van der Waals surface area contributed by atoms with Crippen LogP contribution >= 0.6 is 0 Å². The van der Waals surface area contributed by atoms with E-state index in [0.29, 0.717) is 19.4 Å². The second kappa shape index (κ2) is 4.66. The third kappa shape index (κ3) is 2.00. The molecule has 2 aliphatic rings. The number of hydrogen-bond donors (Lipinski definition) is 1. The smallest absolute Gasteiger partial charge is 0.231 e. The van der Waals surface area contributed by atoms with Crippen LogP contribution in [0.15, 0.2) is 18.2 Å². The Labute approximate surface area is 107 Å². The fourth-order valence-electron chi connectivity index (χ4n) is 2.52. The number of piperazine rings is 1. The minimum absolute atomic E-state index is 0.326. The third-order valence-electron chi connectivity index (χ3n) is 3.77. The first-order valence-corrected chi connectivity index (χ1v) is 6.33. The molecule has 1 atom stereocenters. The van der Waals surface area contributed by atoms with Crippen molar-refractivity contribution in [2.24, 2.45) is 5.73 Å². The summed E-state index contributed by atoms with van der Waals surface area (Å²) in [6.45, 7) is 4.04. The molecule has 1 saturated heterocycles. The summed E-state index contributed by atoms with van der Waals surface area (Å²) in [5.74, 6) is 1.68. The zero-order valence-electron chi connectivity index (χ0n) is 10.6. The lowest BCUT2D eigenvalue weighted by atomic mass is 10.1. The number of nitrogens with two attached hydrogens (primary N) is 1. The minimum atomic E-state index is 0.326. The summed E-state index contributed by atoms with van der Waals surface area (Å²) >= 11 is 0. The summed E-state index contributed by atoms with van der Waals surface area (Å²) in [7, 11) is 2.13. The Balaban J connectivity index is 1.78. The Morgan fingerprint density at radius 2 is 2.11 bits per heavy atom. The van der Waals surface area contributed by atoms with Gasteiger partial charge < -0.3 is 20.1 Å². The molecule has 3 rings (SSSR count). The number of fused-ring (bicyclic) bond motifs is 1. The van der Waals surface area contributed by atoms with Gasteiger partial charge in [0.15, 0.2) is 11.5 Å². The summed E-state index contributed by atoms with van der Waals surface area (Å²) in [5, 5.41) is 0. The number of benzene rings is 1. The molecule has 0 saturated carbocycles. The fourth-order valence-corrected chi connectivity index (χ4v) is 2.52. The van der Waals surface area contributed by atoms with Crippen molar-refractivity contribution in [1.29, 1.82) is 0 Å². The van der Waals surface area contributed by atoms with Gasteiger partial charge in [0.2, 0.25) is 6.79 Å². The summed E-state index contributed by atoms with van der Waals surface area (Å²) in [6.07, 6.45) is 0. The lowest BCUT2D eigenvalue weighted by Gasteiger charge is -2.40. The molecule has 1 aromatic rings. The second-order valence-electron chi connectivity index (χ2n) is 4.85. The van der Waals surface area contributed by atoms with Gasteiger partial charge in [0.1, 0.15) is 0 Å². The molecule has 5 heteroatoms. The first-order chi connectivity index (χ1) is 8.78. The van der Waals surface area contributed by atoms with E-state index in [4.69, 9.17) is 15.2 Å². The number of ether oxygens (including phenoxy) is 2. The van der Waals surface area contributed by atoms with Crippen molar-refractivity contribution >= 4 is 5.69 Å². The molecule has 1 unspecified atom stereocenters. The van der Waals surface area contributed by atoms with Gasteiger partial charge in [-0.25, -0.2) is 0 Å². The van der Waals surface area contributed by atoms with Crippen LogP contribution in [0.5, 0.6) is 11.5 Å². The molecule has 0 aliphatic carbocycles. The highest BCUT2D eigenvalue weighted by Gasteiger charge is 2.24. The number of nitrogens with zero attached hydrogens (tertiary/aromatic N) is 2. The fraction of sp³-hybridized carbons (Fsp3) is 0.538. The largest absolute Gasteiger partial charge is 0.454 e. The van der Waals surface area contributed by atoms with E-state index in [9.17, 15) is 0 Å². The molecule has 1 fully saturated rings. The second-order valence-corrected chi connectivity index (χ2v) is 4.85. The molecule has 2 heterocycles. The average Bonchev–Trinajstić information content (AvgIpc) is 2.86. The van der Waals surface area contributed by atoms with Crippen molar-refractivity contribution in [2.75, 3.05) is 44.9 Å². The lowest BCUT2D eigenvalue weighted by Crippen LogP contribution is -2.54. The van der Waals surface area contributed by atoms with Crippen LogP contribution in [0.4, 0.5) is 5.69 Å². The van der Waals surface area contributed by atoms with Crippen molar-refractivity contribution in [3.8, 4) is 11.5 Å². The molecule has 0 bridgehead atoms. The van der Waals surface area contributed by atoms with E-state index >= 15 is 0 Å². The van der Waals surface area contributed by atoms with Gasteiger partial charge in [-0.05, 0) is 19.2 Å². The molecule has 18 heavy (non-hydrogen) atoms. The van der Waals surface area contributed by atoms with Gasteiger partial charge in [-0.1, -0.05) is 0 Å². The van der Waals surface area contributed by atoms with Gasteiger partial charge in [0.05, 0.1) is 0 Å². The van der Waals surface area contributed by atoms with E-state index in [1.54, 1.807) is 0 Å². The quantitative estimate of drug-likeness (QED) is 0.827. The van der Waals surface area contributed by atoms with Crippen LogP contribution in [0.25, 0.3) is 0 Å². The molecule has 0 aromatic heterocycles. The van der Waals surface area contributed by atoms with Gasteiger partial charge in [-0.15, -0.1) is 0 Å². The van der Waals surface area contributed by atoms with E-state index < -0.39 is 0 Å². The molecule has 0 spiro atoms. The SMILES string of the molecule is CN1CCN(c2ccc3c(c2)OCO3)CC1CN. The van der Waals surface area contributed by atoms with Crippen molar-refractivity contribution in [2.45, 2.75) is 6.04 Å². The number of hydrogen-bond acceptors (Lipinski definition) is 5. The van der Waals surface area contributed by atoms with Crippen molar-refractivity contribution in [3.05, 3.63) is 18.2 Å². The highest BCUT2D eigenvalue weighted by molar-refractivity contribution is 5.57. The Bertz CT molecular complexity index is 438. The van der Waals surface area contributed by atoms with Gasteiger partial charge in [0.25, 0.3) is 0 Å². The van der Waals surface area contributed by atoms with E-state index in [0.717, 1.165) is 31.1 Å². The van der Waals surface area contributed by atoms with Gasteiger partial charge in [0, 0.05) is 44.0 Å². The topological polar surface area (TPSA) is 51.0 Å².